The molecule has 1 N–H and O–H groups in total. The van der Waals surface area contributed by atoms with Crippen molar-refractivity contribution in [3.8, 4) is 11.3 Å². The van der Waals surface area contributed by atoms with E-state index in [1.807, 2.05) is 0 Å². The van der Waals surface area contributed by atoms with Gasteiger partial charge in [0.25, 0.3) is 0 Å². The van der Waals surface area contributed by atoms with Gasteiger partial charge in [0.1, 0.15) is 5.69 Å². The van der Waals surface area contributed by atoms with Crippen LogP contribution in [0.2, 0.25) is 5.02 Å². The lowest BCUT2D eigenvalue weighted by Crippen LogP contribution is -2.16. The molecule has 3 rings (SSSR count). The highest BCUT2D eigenvalue weighted by atomic mass is 35.5. The molecule has 0 aliphatic carbocycles. The summed E-state index contributed by atoms with van der Waals surface area (Å²) in [6.07, 6.45) is -0.0186. The molecular weight excluding hydrogens is 416 g/mol. The number of benzene rings is 1. The summed E-state index contributed by atoms with van der Waals surface area (Å²) in [4.78, 5) is 37.4. The van der Waals surface area contributed by atoms with Crippen molar-refractivity contribution in [3.05, 3.63) is 57.2 Å². The number of ketones is 1. The number of anilines is 1. The average Bonchev–Trinajstić information content (AvgIpc) is 3.37. The number of thiophene rings is 1. The van der Waals surface area contributed by atoms with Crippen LogP contribution in [0, 0.1) is 0 Å². The van der Waals surface area contributed by atoms with E-state index in [4.69, 9.17) is 20.9 Å². The Morgan fingerprint density at radius 1 is 1.17 bits per heavy atom. The fourth-order valence-corrected chi connectivity index (χ4v) is 3.37. The minimum absolute atomic E-state index is 0.00658. The summed E-state index contributed by atoms with van der Waals surface area (Å²) in [7, 11) is 0. The molecule has 150 valence electrons. The molecule has 0 fully saturated rings. The second-order valence-electron chi connectivity index (χ2n) is 5.91. The first kappa shape index (κ1) is 20.8. The number of esters is 1. The number of hydrogen-bond acceptors (Lipinski definition) is 7. The number of amides is 1. The third-order valence-electron chi connectivity index (χ3n) is 3.92. The molecule has 29 heavy (non-hydrogen) atoms. The Kier molecular flexibility index (Phi) is 6.79. The SMILES string of the molecule is CCOC(=O)c1c(-c2ccc(Cl)cc2)noc1NC(=O)CCC(=O)c1cccs1. The molecule has 0 radical (unpaired) electrons. The summed E-state index contributed by atoms with van der Waals surface area (Å²) in [5, 5.41) is 8.74. The number of halogens is 1. The van der Waals surface area contributed by atoms with Gasteiger partial charge in [-0.05, 0) is 30.5 Å². The van der Waals surface area contributed by atoms with Crippen LogP contribution in [0.25, 0.3) is 11.3 Å². The number of ether oxygens (including phenoxy) is 1. The van der Waals surface area contributed by atoms with Crippen LogP contribution < -0.4 is 5.32 Å². The zero-order valence-corrected chi connectivity index (χ0v) is 17.0. The van der Waals surface area contributed by atoms with E-state index in [1.165, 1.54) is 11.3 Å². The average molecular weight is 433 g/mol. The van der Waals surface area contributed by atoms with Gasteiger partial charge in [-0.25, -0.2) is 4.79 Å². The lowest BCUT2D eigenvalue weighted by Gasteiger charge is -2.05. The highest BCUT2D eigenvalue weighted by Crippen LogP contribution is 2.30. The van der Waals surface area contributed by atoms with Crippen LogP contribution in [0.4, 0.5) is 5.88 Å². The summed E-state index contributed by atoms with van der Waals surface area (Å²) >= 11 is 7.22. The van der Waals surface area contributed by atoms with E-state index in [0.717, 1.165) is 0 Å². The molecule has 1 aromatic carbocycles. The van der Waals surface area contributed by atoms with Gasteiger partial charge in [0.05, 0.1) is 11.5 Å². The van der Waals surface area contributed by atoms with Crippen molar-refractivity contribution in [2.24, 2.45) is 0 Å². The minimum atomic E-state index is -0.677. The van der Waals surface area contributed by atoms with Crippen molar-refractivity contribution in [2.75, 3.05) is 11.9 Å². The van der Waals surface area contributed by atoms with Gasteiger partial charge in [0, 0.05) is 23.4 Å². The molecule has 1 amide bonds. The molecule has 0 atom stereocenters. The quantitative estimate of drug-likeness (QED) is 0.404. The number of aromatic nitrogens is 1. The van der Waals surface area contributed by atoms with E-state index in [1.54, 1.807) is 48.7 Å². The number of nitrogens with one attached hydrogen (secondary N) is 1. The molecule has 7 nitrogen and oxygen atoms in total. The topological polar surface area (TPSA) is 98.5 Å². The van der Waals surface area contributed by atoms with Crippen molar-refractivity contribution < 1.29 is 23.6 Å². The summed E-state index contributed by atoms with van der Waals surface area (Å²) in [5.74, 6) is -1.40. The van der Waals surface area contributed by atoms with Gasteiger partial charge in [0.2, 0.25) is 11.8 Å². The molecule has 2 aromatic heterocycles. The predicted octanol–water partition coefficient (Wildman–Crippen LogP) is 4.83. The summed E-state index contributed by atoms with van der Waals surface area (Å²) in [6.45, 7) is 1.81. The molecule has 0 bridgehead atoms. The normalized spacial score (nSPS) is 10.6. The first-order valence-corrected chi connectivity index (χ1v) is 10.0. The van der Waals surface area contributed by atoms with Gasteiger partial charge in [-0.1, -0.05) is 35.0 Å². The highest BCUT2D eigenvalue weighted by molar-refractivity contribution is 7.12. The van der Waals surface area contributed by atoms with E-state index in [9.17, 15) is 14.4 Å². The Hall–Kier alpha value is -2.97. The van der Waals surface area contributed by atoms with Gasteiger partial charge >= 0.3 is 5.97 Å². The Morgan fingerprint density at radius 3 is 2.59 bits per heavy atom. The molecule has 9 heteroatoms. The van der Waals surface area contributed by atoms with Crippen LogP contribution in [0.15, 0.2) is 46.3 Å². The lowest BCUT2D eigenvalue weighted by molar-refractivity contribution is -0.116. The van der Waals surface area contributed by atoms with Gasteiger partial charge in [0.15, 0.2) is 11.3 Å². The monoisotopic (exact) mass is 432 g/mol. The number of carbonyl (C=O) groups is 3. The second-order valence-corrected chi connectivity index (χ2v) is 7.30. The lowest BCUT2D eigenvalue weighted by atomic mass is 10.1. The Bertz CT molecular complexity index is 1010. The standard InChI is InChI=1S/C20H17ClN2O5S/c1-2-27-20(26)17-18(12-5-7-13(21)8-6-12)23-28-19(17)22-16(25)10-9-14(24)15-4-3-11-29-15/h3-8,11H,2,9-10H2,1H3,(H,22,25). The zero-order valence-electron chi connectivity index (χ0n) is 15.4. The molecule has 0 saturated carbocycles. The third-order valence-corrected chi connectivity index (χ3v) is 5.08. The van der Waals surface area contributed by atoms with E-state index >= 15 is 0 Å². The molecule has 0 unspecified atom stereocenters. The van der Waals surface area contributed by atoms with Gasteiger partial charge in [-0.2, -0.15) is 0 Å². The van der Waals surface area contributed by atoms with Crippen LogP contribution in [-0.2, 0) is 9.53 Å². The zero-order chi connectivity index (χ0) is 20.8. The van der Waals surface area contributed by atoms with E-state index < -0.39 is 11.9 Å². The van der Waals surface area contributed by atoms with Crippen molar-refractivity contribution in [2.45, 2.75) is 19.8 Å². The molecule has 0 spiro atoms. The Morgan fingerprint density at radius 2 is 1.93 bits per heavy atom. The van der Waals surface area contributed by atoms with E-state index in [0.29, 0.717) is 15.5 Å². The first-order chi connectivity index (χ1) is 14.0. The smallest absolute Gasteiger partial charge is 0.346 e. The second kappa shape index (κ2) is 9.49. The molecule has 2 heterocycles. The van der Waals surface area contributed by atoms with Crippen LogP contribution in [0.3, 0.4) is 0 Å². The molecule has 3 aromatic rings. The number of Topliss-reactive ketones (excluding diaryl/α,β-unsaturated/α-hetero) is 1. The summed E-state index contributed by atoms with van der Waals surface area (Å²) in [5.41, 5.74) is 0.812. The number of rotatable bonds is 8. The maximum Gasteiger partial charge on any atom is 0.346 e. The summed E-state index contributed by atoms with van der Waals surface area (Å²) < 4.78 is 10.3. The van der Waals surface area contributed by atoms with Crippen LogP contribution in [-0.4, -0.2) is 29.4 Å². The number of carbonyl (C=O) groups excluding carboxylic acids is 3. The Balaban J connectivity index is 1.77. The Labute approximate surface area is 175 Å². The van der Waals surface area contributed by atoms with Crippen molar-refractivity contribution in [3.63, 3.8) is 0 Å². The first-order valence-electron chi connectivity index (χ1n) is 8.79. The van der Waals surface area contributed by atoms with Crippen LogP contribution in [0.1, 0.15) is 39.8 Å². The third kappa shape index (κ3) is 5.10. The molecule has 0 saturated heterocycles. The van der Waals surface area contributed by atoms with E-state index in [-0.39, 0.29) is 42.4 Å². The largest absolute Gasteiger partial charge is 0.462 e. The van der Waals surface area contributed by atoms with Crippen molar-refractivity contribution in [1.82, 2.24) is 5.16 Å². The maximum absolute atomic E-state index is 12.4. The molecule has 0 aliphatic heterocycles. The number of hydrogen-bond donors (Lipinski definition) is 1. The van der Waals surface area contributed by atoms with Crippen molar-refractivity contribution in [1.29, 1.82) is 0 Å². The van der Waals surface area contributed by atoms with Gasteiger partial charge < -0.3 is 9.26 Å². The van der Waals surface area contributed by atoms with Crippen LogP contribution >= 0.6 is 22.9 Å². The van der Waals surface area contributed by atoms with Gasteiger partial charge in [-0.3, -0.25) is 14.9 Å². The molecular formula is C20H17ClN2O5S. The van der Waals surface area contributed by atoms with Crippen molar-refractivity contribution >= 4 is 46.5 Å². The van der Waals surface area contributed by atoms with Gasteiger partial charge in [-0.15, -0.1) is 11.3 Å². The fourth-order valence-electron chi connectivity index (χ4n) is 2.55. The maximum atomic E-state index is 12.4. The highest BCUT2D eigenvalue weighted by Gasteiger charge is 2.26. The predicted molar refractivity (Wildman–Crippen MR) is 109 cm³/mol. The fraction of sp³-hybridized carbons (Fsp3) is 0.200. The minimum Gasteiger partial charge on any atom is -0.462 e. The summed E-state index contributed by atoms with van der Waals surface area (Å²) in [6, 6.07) is 10.1. The van der Waals surface area contributed by atoms with E-state index in [2.05, 4.69) is 10.5 Å². The molecule has 0 aliphatic rings. The number of nitrogens with zero attached hydrogens (tertiary/aromatic N) is 1. The van der Waals surface area contributed by atoms with Crippen LogP contribution in [0.5, 0.6) is 0 Å².